The summed E-state index contributed by atoms with van der Waals surface area (Å²) in [6.07, 6.45) is 1.22. The van der Waals surface area contributed by atoms with E-state index in [1.54, 1.807) is 18.2 Å². The fourth-order valence-corrected chi connectivity index (χ4v) is 4.74. The Bertz CT molecular complexity index is 575. The lowest BCUT2D eigenvalue weighted by molar-refractivity contribution is 0.125. The molecule has 4 nitrogen and oxygen atoms in total. The lowest BCUT2D eigenvalue weighted by Gasteiger charge is -2.11. The minimum Gasteiger partial charge on any atom is -0.380 e. The molecule has 3 unspecified atom stereocenters. The van der Waals surface area contributed by atoms with Crippen molar-refractivity contribution in [3.8, 4) is 0 Å². The number of benzene rings is 1. The molecule has 0 aliphatic heterocycles. The Hall–Kier alpha value is -0.620. The van der Waals surface area contributed by atoms with E-state index in [1.165, 1.54) is 6.26 Å². The van der Waals surface area contributed by atoms with Gasteiger partial charge in [0.05, 0.1) is 17.4 Å². The quantitative estimate of drug-likeness (QED) is 0.897. The first-order valence-electron chi connectivity index (χ1n) is 6.11. The van der Waals surface area contributed by atoms with E-state index in [9.17, 15) is 8.42 Å². The van der Waals surface area contributed by atoms with Crippen LogP contribution in [0.3, 0.4) is 0 Å². The molecule has 0 spiro atoms. The molecule has 1 aromatic rings. The predicted octanol–water partition coefficient (Wildman–Crippen LogP) is 1.58. The van der Waals surface area contributed by atoms with Gasteiger partial charge in [-0.05, 0) is 24.6 Å². The molecule has 0 aromatic heterocycles. The molecule has 0 saturated heterocycles. The molecule has 1 aromatic carbocycles. The second-order valence-corrected chi connectivity index (χ2v) is 7.64. The maximum absolute atomic E-state index is 11.9. The van der Waals surface area contributed by atoms with Crippen LogP contribution in [0.5, 0.6) is 0 Å². The average Bonchev–Trinajstić information content (AvgIpc) is 2.94. The first kappa shape index (κ1) is 14.8. The highest BCUT2D eigenvalue weighted by molar-refractivity contribution is 7.91. The fourth-order valence-electron chi connectivity index (χ4n) is 2.70. The molecule has 6 heteroatoms. The Morgan fingerprint density at radius 1 is 1.47 bits per heavy atom. The Balaban J connectivity index is 2.33. The van der Waals surface area contributed by atoms with Gasteiger partial charge in [0.1, 0.15) is 0 Å². The van der Waals surface area contributed by atoms with Crippen LogP contribution in [0.25, 0.3) is 0 Å². The zero-order chi connectivity index (χ0) is 14.3. The van der Waals surface area contributed by atoms with Gasteiger partial charge in [0, 0.05) is 23.8 Å². The van der Waals surface area contributed by atoms with Gasteiger partial charge in [0.2, 0.25) is 0 Å². The summed E-state index contributed by atoms with van der Waals surface area (Å²) in [5.41, 5.74) is 6.24. The molecule has 1 fully saturated rings. The van der Waals surface area contributed by atoms with Crippen molar-refractivity contribution in [1.82, 2.24) is 0 Å². The number of sulfone groups is 1. The Morgan fingerprint density at radius 2 is 2.16 bits per heavy atom. The summed E-state index contributed by atoms with van der Waals surface area (Å²) in [5, 5.41) is -0.0274. The molecular weight excluding hydrogens is 286 g/mol. The third kappa shape index (κ3) is 2.79. The highest BCUT2D eigenvalue weighted by Crippen LogP contribution is 2.54. The van der Waals surface area contributed by atoms with E-state index in [0.717, 1.165) is 5.56 Å². The van der Waals surface area contributed by atoms with Crippen LogP contribution >= 0.6 is 11.6 Å². The van der Waals surface area contributed by atoms with Crippen LogP contribution in [0.4, 0.5) is 0 Å². The van der Waals surface area contributed by atoms with E-state index in [1.807, 2.05) is 13.0 Å². The standard InChI is InChI=1S/C13H18ClNO3S/c1-3-18-8-13(15)11(12(13)19(2,16)17)9-5-4-6-10(14)7-9/h4-7,11-12H,3,8,15H2,1-2H3. The van der Waals surface area contributed by atoms with Crippen molar-refractivity contribution >= 4 is 21.4 Å². The number of halogens is 1. The first-order valence-corrected chi connectivity index (χ1v) is 8.45. The second kappa shape index (κ2) is 5.05. The molecule has 0 radical (unpaired) electrons. The van der Waals surface area contributed by atoms with Crippen molar-refractivity contribution in [1.29, 1.82) is 0 Å². The van der Waals surface area contributed by atoms with Crippen molar-refractivity contribution in [3.63, 3.8) is 0 Å². The normalized spacial score (nSPS) is 30.3. The molecule has 1 aliphatic carbocycles. The summed E-state index contributed by atoms with van der Waals surface area (Å²) in [7, 11) is -3.23. The van der Waals surface area contributed by atoms with Crippen LogP contribution in [0.1, 0.15) is 18.4 Å². The van der Waals surface area contributed by atoms with E-state index in [4.69, 9.17) is 22.1 Å². The van der Waals surface area contributed by atoms with Crippen LogP contribution in [0.2, 0.25) is 5.02 Å². The third-order valence-corrected chi connectivity index (χ3v) is 5.40. The molecule has 3 atom stereocenters. The molecular formula is C13H18ClNO3S. The summed E-state index contributed by atoms with van der Waals surface area (Å²) in [4.78, 5) is 0. The number of hydrogen-bond acceptors (Lipinski definition) is 4. The van der Waals surface area contributed by atoms with Gasteiger partial charge in [-0.3, -0.25) is 0 Å². The summed E-state index contributed by atoms with van der Waals surface area (Å²) >= 11 is 5.95. The molecule has 1 saturated carbocycles. The summed E-state index contributed by atoms with van der Waals surface area (Å²) < 4.78 is 29.1. The lowest BCUT2D eigenvalue weighted by atomic mass is 10.1. The number of rotatable bonds is 5. The van der Waals surface area contributed by atoms with Gasteiger partial charge in [-0.15, -0.1) is 0 Å². The van der Waals surface area contributed by atoms with Crippen LogP contribution in [0, 0.1) is 0 Å². The lowest BCUT2D eigenvalue weighted by Crippen LogP contribution is -2.36. The molecule has 0 bridgehead atoms. The average molecular weight is 304 g/mol. The van der Waals surface area contributed by atoms with Crippen LogP contribution in [-0.4, -0.2) is 38.7 Å². The number of nitrogens with two attached hydrogens (primary N) is 1. The molecule has 2 N–H and O–H groups in total. The minimum atomic E-state index is -3.23. The van der Waals surface area contributed by atoms with Crippen molar-refractivity contribution < 1.29 is 13.2 Å². The second-order valence-electron chi connectivity index (χ2n) is 5.03. The van der Waals surface area contributed by atoms with Crippen LogP contribution < -0.4 is 5.73 Å². The molecule has 1 aliphatic rings. The topological polar surface area (TPSA) is 69.4 Å². The fraction of sp³-hybridized carbons (Fsp3) is 0.538. The highest BCUT2D eigenvalue weighted by atomic mass is 35.5. The highest BCUT2D eigenvalue weighted by Gasteiger charge is 2.68. The Labute approximate surface area is 118 Å². The zero-order valence-electron chi connectivity index (χ0n) is 11.0. The predicted molar refractivity (Wildman–Crippen MR) is 76.2 cm³/mol. The van der Waals surface area contributed by atoms with Gasteiger partial charge in [0.25, 0.3) is 0 Å². The summed E-state index contributed by atoms with van der Waals surface area (Å²) in [6, 6.07) is 7.18. The van der Waals surface area contributed by atoms with E-state index in [0.29, 0.717) is 11.6 Å². The van der Waals surface area contributed by atoms with Crippen molar-refractivity contribution in [3.05, 3.63) is 34.9 Å². The zero-order valence-corrected chi connectivity index (χ0v) is 12.5. The van der Waals surface area contributed by atoms with Crippen LogP contribution in [-0.2, 0) is 14.6 Å². The Morgan fingerprint density at radius 3 is 2.68 bits per heavy atom. The SMILES string of the molecule is CCOCC1(N)C(c2cccc(Cl)c2)C1S(C)(=O)=O. The van der Waals surface area contributed by atoms with E-state index in [2.05, 4.69) is 0 Å². The van der Waals surface area contributed by atoms with Gasteiger partial charge in [-0.1, -0.05) is 23.7 Å². The van der Waals surface area contributed by atoms with Gasteiger partial charge < -0.3 is 10.5 Å². The molecule has 0 heterocycles. The smallest absolute Gasteiger partial charge is 0.152 e. The van der Waals surface area contributed by atoms with Gasteiger partial charge in [-0.2, -0.15) is 0 Å². The van der Waals surface area contributed by atoms with Gasteiger partial charge in [-0.25, -0.2) is 8.42 Å². The monoisotopic (exact) mass is 303 g/mol. The van der Waals surface area contributed by atoms with Gasteiger partial charge >= 0.3 is 0 Å². The van der Waals surface area contributed by atoms with Crippen molar-refractivity contribution in [2.24, 2.45) is 5.73 Å². The third-order valence-electron chi connectivity index (χ3n) is 3.53. The number of ether oxygens (including phenoxy) is 1. The van der Waals surface area contributed by atoms with Gasteiger partial charge in [0.15, 0.2) is 9.84 Å². The number of hydrogen-bond donors (Lipinski definition) is 1. The van der Waals surface area contributed by atoms with Crippen LogP contribution in [0.15, 0.2) is 24.3 Å². The largest absolute Gasteiger partial charge is 0.380 e. The molecule has 2 rings (SSSR count). The van der Waals surface area contributed by atoms with E-state index < -0.39 is 20.6 Å². The van der Waals surface area contributed by atoms with E-state index in [-0.39, 0.29) is 12.5 Å². The molecule has 19 heavy (non-hydrogen) atoms. The summed E-state index contributed by atoms with van der Waals surface area (Å²) in [5.74, 6) is -0.257. The summed E-state index contributed by atoms with van der Waals surface area (Å²) in [6.45, 7) is 2.60. The van der Waals surface area contributed by atoms with Crippen molar-refractivity contribution in [2.75, 3.05) is 19.5 Å². The van der Waals surface area contributed by atoms with Crippen molar-refractivity contribution in [2.45, 2.75) is 23.6 Å². The maximum Gasteiger partial charge on any atom is 0.152 e. The molecule has 106 valence electrons. The van der Waals surface area contributed by atoms with E-state index >= 15 is 0 Å². The maximum atomic E-state index is 11.9. The minimum absolute atomic E-state index is 0.235. The Kier molecular flexibility index (Phi) is 3.93. The first-order chi connectivity index (χ1) is 8.80. The molecule has 0 amide bonds.